The first-order valence-corrected chi connectivity index (χ1v) is 5.69. The van der Waals surface area contributed by atoms with Gasteiger partial charge in [0.05, 0.1) is 0 Å². The van der Waals surface area contributed by atoms with Crippen LogP contribution in [0.2, 0.25) is 0 Å². The van der Waals surface area contributed by atoms with Crippen molar-refractivity contribution in [1.82, 2.24) is 5.32 Å². The third-order valence-corrected chi connectivity index (χ3v) is 2.17. The zero-order chi connectivity index (χ0) is 11.6. The lowest BCUT2D eigenvalue weighted by molar-refractivity contribution is 0.106. The number of ether oxygens (including phenoxy) is 1. The number of rotatable bonds is 8. The molecule has 1 rings (SSSR count). The van der Waals surface area contributed by atoms with Crippen LogP contribution in [-0.4, -0.2) is 30.9 Å². The van der Waals surface area contributed by atoms with Crippen molar-refractivity contribution in [3.63, 3.8) is 0 Å². The predicted octanol–water partition coefficient (Wildman–Crippen LogP) is 1.63. The molecule has 1 aromatic carbocycles. The molecule has 0 aliphatic carbocycles. The van der Waals surface area contributed by atoms with Gasteiger partial charge in [0, 0.05) is 6.54 Å². The van der Waals surface area contributed by atoms with Crippen molar-refractivity contribution in [2.24, 2.45) is 0 Å². The Bertz CT molecular complexity index is 264. The average molecular weight is 222 g/mol. The van der Waals surface area contributed by atoms with E-state index in [-0.39, 0.29) is 0 Å². The molecule has 0 bridgehead atoms. The van der Waals surface area contributed by atoms with E-state index in [4.69, 9.17) is 4.74 Å². The Kier molecular flexibility index (Phi) is 6.61. The summed E-state index contributed by atoms with van der Waals surface area (Å²) in [6.45, 7) is 5.53. The van der Waals surface area contributed by atoms with Gasteiger partial charge in [-0.1, -0.05) is 31.5 Å². The minimum atomic E-state index is -0.468. The van der Waals surface area contributed by atoms with Crippen molar-refractivity contribution < 1.29 is 9.84 Å². The topological polar surface area (TPSA) is 41.5 Å². The van der Waals surface area contributed by atoms with E-state index in [9.17, 15) is 5.11 Å². The molecular formula is C13H20NO2. The third-order valence-electron chi connectivity index (χ3n) is 2.17. The summed E-state index contributed by atoms with van der Waals surface area (Å²) in [7, 11) is 0. The van der Waals surface area contributed by atoms with Crippen LogP contribution in [0.5, 0.6) is 5.75 Å². The number of benzene rings is 1. The standard InChI is InChI=1S/C13H20NO2/c1-2-3-9-14-10-12(15)11-16-13-7-5-4-6-8-13/h4-8,12,14-15H,1-3,9-11H2. The fraction of sp³-hybridized carbons (Fsp3) is 0.462. The van der Waals surface area contributed by atoms with Gasteiger partial charge in [0.25, 0.3) is 0 Å². The van der Waals surface area contributed by atoms with Crippen molar-refractivity contribution in [1.29, 1.82) is 0 Å². The summed E-state index contributed by atoms with van der Waals surface area (Å²) in [6.07, 6.45) is 1.49. The van der Waals surface area contributed by atoms with Crippen molar-refractivity contribution in [2.75, 3.05) is 19.7 Å². The van der Waals surface area contributed by atoms with Crippen LogP contribution in [0.3, 0.4) is 0 Å². The highest BCUT2D eigenvalue weighted by Gasteiger charge is 2.03. The van der Waals surface area contributed by atoms with Crippen LogP contribution in [0, 0.1) is 6.92 Å². The molecule has 0 heterocycles. The van der Waals surface area contributed by atoms with Crippen LogP contribution in [0.25, 0.3) is 0 Å². The summed E-state index contributed by atoms with van der Waals surface area (Å²) >= 11 is 0. The highest BCUT2D eigenvalue weighted by atomic mass is 16.5. The molecule has 0 saturated carbocycles. The predicted molar refractivity (Wildman–Crippen MR) is 65.4 cm³/mol. The zero-order valence-electron chi connectivity index (χ0n) is 9.56. The summed E-state index contributed by atoms with van der Waals surface area (Å²) in [5.74, 6) is 0.791. The first-order chi connectivity index (χ1) is 7.83. The maximum Gasteiger partial charge on any atom is 0.119 e. The van der Waals surface area contributed by atoms with Gasteiger partial charge in [-0.25, -0.2) is 0 Å². The van der Waals surface area contributed by atoms with Gasteiger partial charge in [-0.2, -0.15) is 0 Å². The second kappa shape index (κ2) is 8.13. The van der Waals surface area contributed by atoms with Crippen LogP contribution in [0.1, 0.15) is 12.8 Å². The highest BCUT2D eigenvalue weighted by molar-refractivity contribution is 5.20. The molecule has 0 spiro atoms. The number of hydrogen-bond donors (Lipinski definition) is 2. The number of aliphatic hydroxyl groups excluding tert-OH is 1. The Morgan fingerprint density at radius 2 is 2.06 bits per heavy atom. The molecule has 89 valence electrons. The van der Waals surface area contributed by atoms with Gasteiger partial charge in [0.1, 0.15) is 18.5 Å². The monoisotopic (exact) mass is 222 g/mol. The van der Waals surface area contributed by atoms with E-state index >= 15 is 0 Å². The van der Waals surface area contributed by atoms with Gasteiger partial charge in [0.15, 0.2) is 0 Å². The molecule has 0 fully saturated rings. The van der Waals surface area contributed by atoms with Crippen molar-refractivity contribution >= 4 is 0 Å². The highest BCUT2D eigenvalue weighted by Crippen LogP contribution is 2.08. The molecule has 1 atom stereocenters. The van der Waals surface area contributed by atoms with E-state index in [0.29, 0.717) is 13.2 Å². The van der Waals surface area contributed by atoms with Crippen molar-refractivity contribution in [3.05, 3.63) is 37.3 Å². The lowest BCUT2D eigenvalue weighted by Crippen LogP contribution is -2.31. The molecule has 2 N–H and O–H groups in total. The Morgan fingerprint density at radius 1 is 1.31 bits per heavy atom. The lowest BCUT2D eigenvalue weighted by Gasteiger charge is -2.12. The Hall–Kier alpha value is -1.06. The minimum absolute atomic E-state index is 0.321. The summed E-state index contributed by atoms with van der Waals surface area (Å²) in [5, 5.41) is 12.8. The Balaban J connectivity index is 2.08. The van der Waals surface area contributed by atoms with Crippen molar-refractivity contribution in [3.8, 4) is 5.75 Å². The third kappa shape index (κ3) is 5.73. The smallest absolute Gasteiger partial charge is 0.119 e. The number of nitrogens with one attached hydrogen (secondary N) is 1. The maximum atomic E-state index is 9.61. The fourth-order valence-corrected chi connectivity index (χ4v) is 1.29. The molecule has 3 heteroatoms. The number of para-hydroxylation sites is 1. The van der Waals surface area contributed by atoms with E-state index in [2.05, 4.69) is 12.2 Å². The van der Waals surface area contributed by atoms with E-state index in [1.54, 1.807) is 0 Å². The van der Waals surface area contributed by atoms with Gasteiger partial charge in [-0.3, -0.25) is 0 Å². The van der Waals surface area contributed by atoms with E-state index in [1.807, 2.05) is 30.3 Å². The fourth-order valence-electron chi connectivity index (χ4n) is 1.29. The molecule has 1 aromatic rings. The Morgan fingerprint density at radius 3 is 2.75 bits per heavy atom. The van der Waals surface area contributed by atoms with Crippen molar-refractivity contribution in [2.45, 2.75) is 18.9 Å². The average Bonchev–Trinajstić information content (AvgIpc) is 2.33. The summed E-state index contributed by atoms with van der Waals surface area (Å²) in [4.78, 5) is 0. The summed E-state index contributed by atoms with van der Waals surface area (Å²) < 4.78 is 5.42. The van der Waals surface area contributed by atoms with Crippen LogP contribution >= 0.6 is 0 Å². The largest absolute Gasteiger partial charge is 0.491 e. The number of hydrogen-bond acceptors (Lipinski definition) is 3. The van der Waals surface area contributed by atoms with Gasteiger partial charge in [0.2, 0.25) is 0 Å². The minimum Gasteiger partial charge on any atom is -0.491 e. The molecule has 0 amide bonds. The summed E-state index contributed by atoms with van der Waals surface area (Å²) in [5.41, 5.74) is 0. The van der Waals surface area contributed by atoms with Crippen LogP contribution in [-0.2, 0) is 0 Å². The second-order valence-electron chi connectivity index (χ2n) is 3.69. The van der Waals surface area contributed by atoms with Gasteiger partial charge < -0.3 is 15.2 Å². The lowest BCUT2D eigenvalue weighted by atomic mass is 10.3. The zero-order valence-corrected chi connectivity index (χ0v) is 9.56. The van der Waals surface area contributed by atoms with Gasteiger partial charge in [-0.05, 0) is 25.1 Å². The molecule has 1 radical (unpaired) electrons. The number of unbranched alkanes of at least 4 members (excludes halogenated alkanes) is 1. The molecule has 0 aliphatic heterocycles. The van der Waals surface area contributed by atoms with Crippen LogP contribution < -0.4 is 10.1 Å². The molecular weight excluding hydrogens is 202 g/mol. The Labute approximate surface area is 97.4 Å². The molecule has 0 aromatic heterocycles. The second-order valence-corrected chi connectivity index (χ2v) is 3.69. The molecule has 1 unspecified atom stereocenters. The quantitative estimate of drug-likeness (QED) is 0.657. The van der Waals surface area contributed by atoms with Crippen LogP contribution in [0.15, 0.2) is 30.3 Å². The summed E-state index contributed by atoms with van der Waals surface area (Å²) in [6, 6.07) is 9.51. The van der Waals surface area contributed by atoms with Gasteiger partial charge >= 0.3 is 0 Å². The number of aliphatic hydroxyl groups is 1. The van der Waals surface area contributed by atoms with E-state index < -0.39 is 6.10 Å². The first-order valence-electron chi connectivity index (χ1n) is 5.69. The molecule has 16 heavy (non-hydrogen) atoms. The normalized spacial score (nSPS) is 12.4. The van der Waals surface area contributed by atoms with E-state index in [1.165, 1.54) is 0 Å². The van der Waals surface area contributed by atoms with Gasteiger partial charge in [-0.15, -0.1) is 0 Å². The first kappa shape index (κ1) is 13.0. The van der Waals surface area contributed by atoms with E-state index in [0.717, 1.165) is 25.1 Å². The molecule has 0 aliphatic rings. The molecule has 0 saturated heterocycles. The SMILES string of the molecule is [CH2]CCCNCC(O)COc1ccccc1. The maximum absolute atomic E-state index is 9.61. The molecule has 3 nitrogen and oxygen atoms in total. The van der Waals surface area contributed by atoms with Crippen LogP contribution in [0.4, 0.5) is 0 Å².